The van der Waals surface area contributed by atoms with Gasteiger partial charge in [0.25, 0.3) is 0 Å². The Hall–Kier alpha value is -1.56. The Morgan fingerprint density at radius 3 is 2.80 bits per heavy atom. The van der Waals surface area contributed by atoms with Gasteiger partial charge in [-0.25, -0.2) is 0 Å². The van der Waals surface area contributed by atoms with Crippen molar-refractivity contribution in [2.75, 3.05) is 20.2 Å². The van der Waals surface area contributed by atoms with E-state index >= 15 is 0 Å². The van der Waals surface area contributed by atoms with Crippen LogP contribution in [0.15, 0.2) is 17.1 Å². The maximum absolute atomic E-state index is 11.2. The number of esters is 1. The first kappa shape index (κ1) is 16.5. The molecule has 0 saturated carbocycles. The molecular weight excluding hydrogens is 274 g/mol. The summed E-state index contributed by atoms with van der Waals surface area (Å²) in [6.45, 7) is 5.80. The fourth-order valence-electron chi connectivity index (χ4n) is 1.64. The summed E-state index contributed by atoms with van der Waals surface area (Å²) in [7, 11) is 1.74. The highest BCUT2D eigenvalue weighted by Gasteiger charge is 2.03. The molecule has 0 radical (unpaired) electrons. The van der Waals surface area contributed by atoms with Crippen molar-refractivity contribution < 1.29 is 9.53 Å². The fourth-order valence-corrected chi connectivity index (χ4v) is 2.47. The van der Waals surface area contributed by atoms with E-state index in [1.54, 1.807) is 18.4 Å². The van der Waals surface area contributed by atoms with Crippen LogP contribution in [0.25, 0.3) is 0 Å². The van der Waals surface area contributed by atoms with E-state index in [0.717, 1.165) is 18.9 Å². The molecule has 0 saturated heterocycles. The van der Waals surface area contributed by atoms with Crippen LogP contribution >= 0.6 is 11.3 Å². The molecule has 0 aliphatic rings. The molecule has 0 atom stereocenters. The van der Waals surface area contributed by atoms with Crippen molar-refractivity contribution in [3.8, 4) is 0 Å². The van der Waals surface area contributed by atoms with Crippen LogP contribution in [-0.2, 0) is 16.1 Å². The number of hydrogen-bond acceptors (Lipinski definition) is 4. The van der Waals surface area contributed by atoms with Crippen molar-refractivity contribution in [1.29, 1.82) is 0 Å². The molecule has 0 aliphatic carbocycles. The van der Waals surface area contributed by atoms with Crippen LogP contribution < -0.4 is 10.6 Å². The normalized spacial score (nSPS) is 11.2. The van der Waals surface area contributed by atoms with Crippen molar-refractivity contribution in [3.05, 3.63) is 21.9 Å². The van der Waals surface area contributed by atoms with E-state index in [9.17, 15) is 4.79 Å². The van der Waals surface area contributed by atoms with Gasteiger partial charge in [-0.05, 0) is 32.4 Å². The van der Waals surface area contributed by atoms with Crippen molar-refractivity contribution >= 4 is 23.3 Å². The molecule has 0 spiro atoms. The Kier molecular flexibility index (Phi) is 7.72. The molecule has 1 aromatic rings. The van der Waals surface area contributed by atoms with Gasteiger partial charge in [0.2, 0.25) is 0 Å². The largest absolute Gasteiger partial charge is 0.466 e. The van der Waals surface area contributed by atoms with Crippen LogP contribution in [0.5, 0.6) is 0 Å². The Morgan fingerprint density at radius 2 is 2.20 bits per heavy atom. The maximum Gasteiger partial charge on any atom is 0.305 e. The average molecular weight is 297 g/mol. The number of ether oxygens (including phenoxy) is 1. The minimum absolute atomic E-state index is 0.147. The highest BCUT2D eigenvalue weighted by molar-refractivity contribution is 7.11. The first-order valence-electron chi connectivity index (χ1n) is 6.81. The summed E-state index contributed by atoms with van der Waals surface area (Å²) in [5.41, 5.74) is 0. The van der Waals surface area contributed by atoms with Gasteiger partial charge in [-0.3, -0.25) is 9.79 Å². The maximum atomic E-state index is 11.2. The van der Waals surface area contributed by atoms with Gasteiger partial charge in [-0.1, -0.05) is 0 Å². The van der Waals surface area contributed by atoms with E-state index in [1.807, 2.05) is 6.92 Å². The summed E-state index contributed by atoms with van der Waals surface area (Å²) < 4.78 is 4.87. The SMILES string of the molecule is CCOC(=O)CCCNC(=NC)NCc1ccc(C)s1. The first-order chi connectivity index (χ1) is 9.65. The van der Waals surface area contributed by atoms with Crippen LogP contribution in [0.1, 0.15) is 29.5 Å². The smallest absolute Gasteiger partial charge is 0.305 e. The second kappa shape index (κ2) is 9.36. The molecule has 0 aliphatic heterocycles. The predicted molar refractivity (Wildman–Crippen MR) is 83.1 cm³/mol. The van der Waals surface area contributed by atoms with Crippen LogP contribution in [0, 0.1) is 6.92 Å². The third kappa shape index (κ3) is 6.56. The lowest BCUT2D eigenvalue weighted by Crippen LogP contribution is -2.37. The van der Waals surface area contributed by atoms with Crippen molar-refractivity contribution in [2.24, 2.45) is 4.99 Å². The van der Waals surface area contributed by atoms with Crippen molar-refractivity contribution in [2.45, 2.75) is 33.2 Å². The lowest BCUT2D eigenvalue weighted by Gasteiger charge is -2.10. The Balaban J connectivity index is 2.18. The summed E-state index contributed by atoms with van der Waals surface area (Å²) in [5, 5.41) is 6.43. The fraction of sp³-hybridized carbons (Fsp3) is 0.571. The zero-order chi connectivity index (χ0) is 14.8. The molecule has 6 heteroatoms. The molecule has 0 amide bonds. The van der Waals surface area contributed by atoms with E-state index in [4.69, 9.17) is 4.74 Å². The molecule has 1 aromatic heterocycles. The van der Waals surface area contributed by atoms with Gasteiger partial charge in [-0.15, -0.1) is 11.3 Å². The monoisotopic (exact) mass is 297 g/mol. The third-order valence-electron chi connectivity index (χ3n) is 2.61. The van der Waals surface area contributed by atoms with E-state index in [0.29, 0.717) is 19.6 Å². The molecule has 0 bridgehead atoms. The molecule has 1 heterocycles. The topological polar surface area (TPSA) is 62.7 Å². The lowest BCUT2D eigenvalue weighted by molar-refractivity contribution is -0.143. The summed E-state index contributed by atoms with van der Waals surface area (Å²) >= 11 is 1.77. The third-order valence-corrected chi connectivity index (χ3v) is 3.61. The Labute approximate surface area is 124 Å². The van der Waals surface area contributed by atoms with Crippen LogP contribution in [0.3, 0.4) is 0 Å². The van der Waals surface area contributed by atoms with Crippen molar-refractivity contribution in [3.63, 3.8) is 0 Å². The van der Waals surface area contributed by atoms with Crippen LogP contribution in [0.2, 0.25) is 0 Å². The number of nitrogens with zero attached hydrogens (tertiary/aromatic N) is 1. The average Bonchev–Trinajstić information content (AvgIpc) is 2.84. The number of rotatable bonds is 7. The lowest BCUT2D eigenvalue weighted by atomic mass is 10.3. The van der Waals surface area contributed by atoms with Gasteiger partial charge >= 0.3 is 5.97 Å². The molecule has 112 valence electrons. The van der Waals surface area contributed by atoms with Gasteiger partial charge in [0, 0.05) is 29.8 Å². The van der Waals surface area contributed by atoms with Gasteiger partial charge in [0.15, 0.2) is 5.96 Å². The summed E-state index contributed by atoms with van der Waals surface area (Å²) in [5.74, 6) is 0.603. The quantitative estimate of drug-likeness (QED) is 0.350. The van der Waals surface area contributed by atoms with Gasteiger partial charge in [-0.2, -0.15) is 0 Å². The Morgan fingerprint density at radius 1 is 1.40 bits per heavy atom. The number of carbonyl (C=O) groups is 1. The molecular formula is C14H23N3O2S. The first-order valence-corrected chi connectivity index (χ1v) is 7.62. The molecule has 0 unspecified atom stereocenters. The van der Waals surface area contributed by atoms with E-state index in [2.05, 4.69) is 34.7 Å². The Bertz CT molecular complexity index is 443. The van der Waals surface area contributed by atoms with E-state index in [1.165, 1.54) is 9.75 Å². The number of aliphatic imine (C=N–C) groups is 1. The van der Waals surface area contributed by atoms with Crippen molar-refractivity contribution in [1.82, 2.24) is 10.6 Å². The number of aryl methyl sites for hydroxylation is 1. The van der Waals surface area contributed by atoms with Gasteiger partial charge < -0.3 is 15.4 Å². The highest BCUT2D eigenvalue weighted by Crippen LogP contribution is 2.14. The molecule has 0 fully saturated rings. The zero-order valence-corrected chi connectivity index (χ0v) is 13.2. The summed E-state index contributed by atoms with van der Waals surface area (Å²) in [4.78, 5) is 17.9. The predicted octanol–water partition coefficient (Wildman–Crippen LogP) is 2.06. The van der Waals surface area contributed by atoms with Gasteiger partial charge in [0.1, 0.15) is 0 Å². The number of thiophene rings is 1. The molecule has 2 N–H and O–H groups in total. The van der Waals surface area contributed by atoms with E-state index < -0.39 is 0 Å². The number of hydrogen-bond donors (Lipinski definition) is 2. The van der Waals surface area contributed by atoms with Crippen LogP contribution in [-0.4, -0.2) is 32.1 Å². The molecule has 5 nitrogen and oxygen atoms in total. The van der Waals surface area contributed by atoms with E-state index in [-0.39, 0.29) is 5.97 Å². The number of nitrogens with one attached hydrogen (secondary N) is 2. The standard InChI is InChI=1S/C14H23N3O2S/c1-4-19-13(18)6-5-9-16-14(15-3)17-10-12-8-7-11(2)20-12/h7-8H,4-6,9-10H2,1-3H3,(H2,15,16,17). The second-order valence-electron chi connectivity index (χ2n) is 4.27. The summed E-state index contributed by atoms with van der Waals surface area (Å²) in [6, 6.07) is 4.22. The van der Waals surface area contributed by atoms with Gasteiger partial charge in [0.05, 0.1) is 13.2 Å². The number of carbonyl (C=O) groups excluding carboxylic acids is 1. The number of guanidine groups is 1. The minimum atomic E-state index is -0.147. The molecule has 1 rings (SSSR count). The molecule has 20 heavy (non-hydrogen) atoms. The van der Waals surface area contributed by atoms with Crippen LogP contribution in [0.4, 0.5) is 0 Å². The highest BCUT2D eigenvalue weighted by atomic mass is 32.1. The molecule has 0 aromatic carbocycles. The second-order valence-corrected chi connectivity index (χ2v) is 5.65. The minimum Gasteiger partial charge on any atom is -0.466 e. The zero-order valence-electron chi connectivity index (χ0n) is 12.4. The summed E-state index contributed by atoms with van der Waals surface area (Å²) in [6.07, 6.45) is 1.17.